The Morgan fingerprint density at radius 2 is 1.95 bits per heavy atom. The van der Waals surface area contributed by atoms with Crippen molar-refractivity contribution < 1.29 is 4.79 Å². The van der Waals surface area contributed by atoms with E-state index in [1.807, 2.05) is 24.3 Å². The summed E-state index contributed by atoms with van der Waals surface area (Å²) in [7, 11) is 0. The SMILES string of the molecule is Cl.Cl.N[C@@H]1C[C@H]1c1ccc(C(=O)Nc2cn[nH]c2)cc1. The summed E-state index contributed by atoms with van der Waals surface area (Å²) in [5.74, 6) is 0.332. The molecule has 1 amide bonds. The van der Waals surface area contributed by atoms with E-state index in [9.17, 15) is 4.79 Å². The average molecular weight is 315 g/mol. The molecule has 1 aliphatic rings. The van der Waals surface area contributed by atoms with Crippen LogP contribution in [0.3, 0.4) is 0 Å². The number of aromatic nitrogens is 2. The number of aromatic amines is 1. The number of nitrogens with two attached hydrogens (primary N) is 1. The van der Waals surface area contributed by atoms with E-state index in [4.69, 9.17) is 5.73 Å². The summed E-state index contributed by atoms with van der Waals surface area (Å²) in [4.78, 5) is 11.9. The monoisotopic (exact) mass is 314 g/mol. The van der Waals surface area contributed by atoms with Crippen LogP contribution >= 0.6 is 24.8 Å². The molecule has 1 heterocycles. The van der Waals surface area contributed by atoms with Gasteiger partial charge in [-0.15, -0.1) is 24.8 Å². The molecule has 0 aliphatic heterocycles. The molecular weight excluding hydrogens is 299 g/mol. The zero-order valence-corrected chi connectivity index (χ0v) is 12.2. The average Bonchev–Trinajstić information content (AvgIpc) is 2.89. The van der Waals surface area contributed by atoms with Gasteiger partial charge in [-0.25, -0.2) is 0 Å². The van der Waals surface area contributed by atoms with Crippen LogP contribution in [0.2, 0.25) is 0 Å². The lowest BCUT2D eigenvalue weighted by Crippen LogP contribution is -2.11. The number of hydrogen-bond donors (Lipinski definition) is 3. The van der Waals surface area contributed by atoms with Crippen LogP contribution in [0.1, 0.15) is 28.3 Å². The van der Waals surface area contributed by atoms with Gasteiger partial charge in [-0.1, -0.05) is 12.1 Å². The molecule has 7 heteroatoms. The Morgan fingerprint density at radius 3 is 2.45 bits per heavy atom. The summed E-state index contributed by atoms with van der Waals surface area (Å²) in [5, 5.41) is 9.17. The first-order chi connectivity index (χ1) is 8.74. The second-order valence-electron chi connectivity index (χ2n) is 4.57. The Hall–Kier alpha value is -1.56. The minimum atomic E-state index is -0.136. The molecule has 0 spiro atoms. The first-order valence-corrected chi connectivity index (χ1v) is 5.90. The predicted molar refractivity (Wildman–Crippen MR) is 82.8 cm³/mol. The number of nitrogens with one attached hydrogen (secondary N) is 2. The van der Waals surface area contributed by atoms with E-state index in [-0.39, 0.29) is 36.8 Å². The molecule has 0 bridgehead atoms. The molecule has 1 aliphatic carbocycles. The van der Waals surface area contributed by atoms with Gasteiger partial charge in [0.25, 0.3) is 5.91 Å². The maximum Gasteiger partial charge on any atom is 0.255 e. The van der Waals surface area contributed by atoms with Crippen molar-refractivity contribution >= 4 is 36.4 Å². The molecule has 0 radical (unpaired) electrons. The maximum atomic E-state index is 11.9. The minimum absolute atomic E-state index is 0. The Kier molecular flexibility index (Phi) is 5.56. The fourth-order valence-electron chi connectivity index (χ4n) is 2.00. The van der Waals surface area contributed by atoms with Gasteiger partial charge in [-0.05, 0) is 24.1 Å². The third-order valence-corrected chi connectivity index (χ3v) is 3.20. The summed E-state index contributed by atoms with van der Waals surface area (Å²) in [6, 6.07) is 7.89. The highest BCUT2D eigenvalue weighted by atomic mass is 35.5. The molecule has 2 atom stereocenters. The van der Waals surface area contributed by atoms with Gasteiger partial charge in [0.1, 0.15) is 0 Å². The number of halogens is 2. The van der Waals surface area contributed by atoms with Gasteiger partial charge in [0.2, 0.25) is 0 Å². The van der Waals surface area contributed by atoms with Crippen molar-refractivity contribution in [2.75, 3.05) is 5.32 Å². The number of carbonyl (C=O) groups excluding carboxylic acids is 1. The van der Waals surface area contributed by atoms with Crippen molar-refractivity contribution in [1.82, 2.24) is 10.2 Å². The summed E-state index contributed by atoms with van der Waals surface area (Å²) in [5.41, 5.74) is 8.30. The number of amides is 1. The molecule has 5 nitrogen and oxygen atoms in total. The lowest BCUT2D eigenvalue weighted by Gasteiger charge is -2.04. The molecule has 0 unspecified atom stereocenters. The van der Waals surface area contributed by atoms with Gasteiger partial charge in [-0.3, -0.25) is 9.89 Å². The Bertz CT molecular complexity index is 556. The van der Waals surface area contributed by atoms with E-state index < -0.39 is 0 Å². The maximum absolute atomic E-state index is 11.9. The minimum Gasteiger partial charge on any atom is -0.327 e. The Labute approximate surface area is 129 Å². The van der Waals surface area contributed by atoms with Gasteiger partial charge < -0.3 is 11.1 Å². The second kappa shape index (κ2) is 6.74. The van der Waals surface area contributed by atoms with Crippen molar-refractivity contribution in [2.24, 2.45) is 5.73 Å². The molecule has 0 saturated heterocycles. The predicted octanol–water partition coefficient (Wildman–Crippen LogP) is 2.32. The van der Waals surface area contributed by atoms with Crippen LogP contribution in [0.25, 0.3) is 0 Å². The molecule has 2 aromatic rings. The topological polar surface area (TPSA) is 83.8 Å². The highest BCUT2D eigenvalue weighted by Gasteiger charge is 2.34. The van der Waals surface area contributed by atoms with Gasteiger partial charge in [0, 0.05) is 23.7 Å². The zero-order valence-electron chi connectivity index (χ0n) is 10.6. The first kappa shape index (κ1) is 16.5. The third kappa shape index (κ3) is 3.50. The molecule has 1 fully saturated rings. The molecular formula is C13H16Cl2N4O. The van der Waals surface area contributed by atoms with E-state index in [0.29, 0.717) is 17.2 Å². The molecule has 20 heavy (non-hydrogen) atoms. The Balaban J connectivity index is 0.000001000. The van der Waals surface area contributed by atoms with Gasteiger partial charge in [0.05, 0.1) is 11.9 Å². The molecule has 4 N–H and O–H groups in total. The van der Waals surface area contributed by atoms with E-state index in [1.54, 1.807) is 12.4 Å². The molecule has 1 aromatic heterocycles. The summed E-state index contributed by atoms with van der Waals surface area (Å²) < 4.78 is 0. The van der Waals surface area contributed by atoms with Crippen LogP contribution in [0.5, 0.6) is 0 Å². The summed E-state index contributed by atoms with van der Waals surface area (Å²) in [6.45, 7) is 0. The number of H-pyrrole nitrogens is 1. The number of carbonyl (C=O) groups is 1. The van der Waals surface area contributed by atoms with E-state index in [1.165, 1.54) is 5.56 Å². The van der Waals surface area contributed by atoms with Crippen LogP contribution in [0.4, 0.5) is 5.69 Å². The number of hydrogen-bond acceptors (Lipinski definition) is 3. The van der Waals surface area contributed by atoms with Crippen LogP contribution in [-0.4, -0.2) is 22.1 Å². The molecule has 1 aromatic carbocycles. The highest BCUT2D eigenvalue weighted by molar-refractivity contribution is 6.04. The lowest BCUT2D eigenvalue weighted by atomic mass is 10.1. The van der Waals surface area contributed by atoms with Crippen molar-refractivity contribution in [3.05, 3.63) is 47.8 Å². The van der Waals surface area contributed by atoms with Crippen LogP contribution < -0.4 is 11.1 Å². The van der Waals surface area contributed by atoms with E-state index >= 15 is 0 Å². The smallest absolute Gasteiger partial charge is 0.255 e. The standard InChI is InChI=1S/C13H14N4O.2ClH/c14-12-5-11(12)8-1-3-9(4-2-8)13(18)17-10-6-15-16-7-10;;/h1-4,6-7,11-12H,5,14H2,(H,15,16)(H,17,18);2*1H/t11-,12+;;/m0../s1. The van der Waals surface area contributed by atoms with Crippen LogP contribution in [-0.2, 0) is 0 Å². The molecule has 3 rings (SSSR count). The van der Waals surface area contributed by atoms with Gasteiger partial charge in [-0.2, -0.15) is 5.10 Å². The van der Waals surface area contributed by atoms with Crippen LogP contribution in [0.15, 0.2) is 36.7 Å². The van der Waals surface area contributed by atoms with Crippen molar-refractivity contribution in [3.63, 3.8) is 0 Å². The summed E-state index contributed by atoms with van der Waals surface area (Å²) >= 11 is 0. The second-order valence-corrected chi connectivity index (χ2v) is 4.57. The fraction of sp³-hybridized carbons (Fsp3) is 0.231. The van der Waals surface area contributed by atoms with Crippen molar-refractivity contribution in [2.45, 2.75) is 18.4 Å². The largest absolute Gasteiger partial charge is 0.327 e. The number of nitrogens with zero attached hydrogens (tertiary/aromatic N) is 1. The lowest BCUT2D eigenvalue weighted by molar-refractivity contribution is 0.102. The third-order valence-electron chi connectivity index (χ3n) is 3.20. The van der Waals surface area contributed by atoms with E-state index in [0.717, 1.165) is 6.42 Å². The van der Waals surface area contributed by atoms with Crippen molar-refractivity contribution in [3.8, 4) is 0 Å². The number of rotatable bonds is 3. The van der Waals surface area contributed by atoms with Crippen LogP contribution in [0, 0.1) is 0 Å². The molecule has 108 valence electrons. The first-order valence-electron chi connectivity index (χ1n) is 5.90. The van der Waals surface area contributed by atoms with E-state index in [2.05, 4.69) is 15.5 Å². The summed E-state index contributed by atoms with van der Waals surface area (Å²) in [6.07, 6.45) is 4.24. The normalized spacial score (nSPS) is 19.4. The van der Waals surface area contributed by atoms with Gasteiger partial charge >= 0.3 is 0 Å². The quantitative estimate of drug-likeness (QED) is 0.813. The number of benzene rings is 1. The number of anilines is 1. The molecule has 1 saturated carbocycles. The van der Waals surface area contributed by atoms with Gasteiger partial charge in [0.15, 0.2) is 0 Å². The fourth-order valence-corrected chi connectivity index (χ4v) is 2.00. The Morgan fingerprint density at radius 1 is 1.30 bits per heavy atom. The van der Waals surface area contributed by atoms with Crippen molar-refractivity contribution in [1.29, 1.82) is 0 Å². The zero-order chi connectivity index (χ0) is 12.5. The highest BCUT2D eigenvalue weighted by Crippen LogP contribution is 2.38.